The van der Waals surface area contributed by atoms with Gasteiger partial charge >= 0.3 is 0 Å². The number of thioether (sulfide) groups is 1. The highest BCUT2D eigenvalue weighted by Crippen LogP contribution is 2.19. The first kappa shape index (κ1) is 21.6. The molecule has 6 nitrogen and oxygen atoms in total. The average molecular weight is 403 g/mol. The number of ether oxygens (including phenoxy) is 1. The third kappa shape index (κ3) is 5.92. The number of para-hydroxylation sites is 1. The molecule has 0 saturated heterocycles. The molecule has 3 N–H and O–H groups in total. The molecule has 0 fully saturated rings. The molecule has 2 aromatic carbocycles. The smallest absolute Gasteiger partial charge is 0.255 e. The van der Waals surface area contributed by atoms with E-state index < -0.39 is 6.04 Å². The van der Waals surface area contributed by atoms with Crippen molar-refractivity contribution >= 4 is 23.6 Å². The number of phenols is 1. The van der Waals surface area contributed by atoms with Gasteiger partial charge in [0, 0.05) is 0 Å². The van der Waals surface area contributed by atoms with Gasteiger partial charge in [-0.1, -0.05) is 24.3 Å². The molecular formula is C21H26N2O4S. The summed E-state index contributed by atoms with van der Waals surface area (Å²) in [5.74, 6) is 0.696. The first-order chi connectivity index (χ1) is 13.5. The number of hydrogen-bond acceptors (Lipinski definition) is 5. The number of benzene rings is 2. The van der Waals surface area contributed by atoms with Crippen LogP contribution in [0.3, 0.4) is 0 Å². The van der Waals surface area contributed by atoms with E-state index in [1.54, 1.807) is 54.2 Å². The van der Waals surface area contributed by atoms with E-state index in [0.717, 1.165) is 11.3 Å². The maximum atomic E-state index is 12.8. The van der Waals surface area contributed by atoms with Crippen molar-refractivity contribution < 1.29 is 19.4 Å². The Morgan fingerprint density at radius 3 is 2.57 bits per heavy atom. The first-order valence-corrected chi connectivity index (χ1v) is 10.4. The second kappa shape index (κ2) is 10.6. The molecule has 0 aromatic heterocycles. The van der Waals surface area contributed by atoms with Crippen molar-refractivity contribution in [1.82, 2.24) is 10.6 Å². The van der Waals surface area contributed by atoms with E-state index >= 15 is 0 Å². The highest BCUT2D eigenvalue weighted by Gasteiger charge is 2.24. The van der Waals surface area contributed by atoms with Gasteiger partial charge in [0.2, 0.25) is 5.91 Å². The van der Waals surface area contributed by atoms with Crippen molar-refractivity contribution in [1.29, 1.82) is 0 Å². The van der Waals surface area contributed by atoms with Gasteiger partial charge in [0.05, 0.1) is 18.7 Å². The number of carbonyl (C=O) groups is 2. The molecule has 0 aliphatic rings. The van der Waals surface area contributed by atoms with Crippen molar-refractivity contribution in [2.24, 2.45) is 0 Å². The number of aromatic hydroxyl groups is 1. The lowest BCUT2D eigenvalue weighted by Crippen LogP contribution is -2.47. The zero-order chi connectivity index (χ0) is 20.5. The van der Waals surface area contributed by atoms with Gasteiger partial charge < -0.3 is 20.5 Å². The lowest BCUT2D eigenvalue weighted by atomic mass is 10.1. The molecule has 2 unspecified atom stereocenters. The van der Waals surface area contributed by atoms with E-state index in [0.29, 0.717) is 17.7 Å². The summed E-state index contributed by atoms with van der Waals surface area (Å²) >= 11 is 1.61. The van der Waals surface area contributed by atoms with Crippen molar-refractivity contribution in [2.45, 2.75) is 25.4 Å². The van der Waals surface area contributed by atoms with Crippen LogP contribution in [0.4, 0.5) is 0 Å². The normalized spacial score (nSPS) is 12.7. The second-order valence-electron chi connectivity index (χ2n) is 6.33. The molecular weight excluding hydrogens is 376 g/mol. The third-order valence-corrected chi connectivity index (χ3v) is 4.96. The quantitative estimate of drug-likeness (QED) is 0.600. The first-order valence-electron chi connectivity index (χ1n) is 8.98. The predicted octanol–water partition coefficient (Wildman–Crippen LogP) is 3.13. The number of methoxy groups -OCH3 is 1. The lowest BCUT2D eigenvalue weighted by Gasteiger charge is -2.22. The minimum atomic E-state index is -0.676. The van der Waals surface area contributed by atoms with Gasteiger partial charge in [0.25, 0.3) is 5.91 Å². The van der Waals surface area contributed by atoms with Crippen LogP contribution >= 0.6 is 11.8 Å². The fraction of sp³-hybridized carbons (Fsp3) is 0.333. The van der Waals surface area contributed by atoms with E-state index in [9.17, 15) is 14.7 Å². The number of rotatable bonds is 9. The molecule has 28 heavy (non-hydrogen) atoms. The Hall–Kier alpha value is -2.67. The molecule has 0 aliphatic carbocycles. The highest BCUT2D eigenvalue weighted by molar-refractivity contribution is 7.98. The van der Waals surface area contributed by atoms with E-state index in [1.165, 1.54) is 7.11 Å². The SMILES string of the molecule is COc1ccccc1C(=O)NC(CCSC)C(=O)NC(C)c1cccc(O)c1. The van der Waals surface area contributed by atoms with Crippen molar-refractivity contribution in [3.8, 4) is 11.5 Å². The minimum Gasteiger partial charge on any atom is -0.508 e. The van der Waals surface area contributed by atoms with Crippen molar-refractivity contribution in [3.05, 3.63) is 59.7 Å². The maximum Gasteiger partial charge on any atom is 0.255 e. The number of hydrogen-bond donors (Lipinski definition) is 3. The second-order valence-corrected chi connectivity index (χ2v) is 7.32. The summed E-state index contributed by atoms with van der Waals surface area (Å²) in [4.78, 5) is 25.5. The molecule has 0 bridgehead atoms. The van der Waals surface area contributed by atoms with Gasteiger partial charge in [0.1, 0.15) is 17.5 Å². The van der Waals surface area contributed by atoms with Crippen LogP contribution < -0.4 is 15.4 Å². The van der Waals surface area contributed by atoms with E-state index in [-0.39, 0.29) is 23.6 Å². The fourth-order valence-corrected chi connectivity index (χ4v) is 3.24. The summed E-state index contributed by atoms with van der Waals surface area (Å²) in [6, 6.07) is 12.6. The highest BCUT2D eigenvalue weighted by atomic mass is 32.2. The van der Waals surface area contributed by atoms with Gasteiger partial charge in [-0.05, 0) is 55.2 Å². The van der Waals surface area contributed by atoms with Crippen molar-refractivity contribution in [3.63, 3.8) is 0 Å². The van der Waals surface area contributed by atoms with Gasteiger partial charge in [-0.3, -0.25) is 9.59 Å². The molecule has 0 aliphatic heterocycles. The maximum absolute atomic E-state index is 12.8. The summed E-state index contributed by atoms with van der Waals surface area (Å²) < 4.78 is 5.23. The standard InChI is InChI=1S/C21H26N2O4S/c1-14(15-7-6-8-16(24)13-15)22-21(26)18(11-12-28-3)23-20(25)17-9-4-5-10-19(17)27-2/h4-10,13-14,18,24H,11-12H2,1-3H3,(H,22,26)(H,23,25). The van der Waals surface area contributed by atoms with Gasteiger partial charge in [-0.25, -0.2) is 0 Å². The largest absolute Gasteiger partial charge is 0.508 e. The van der Waals surface area contributed by atoms with Crippen LogP contribution in [0.2, 0.25) is 0 Å². The summed E-state index contributed by atoms with van der Waals surface area (Å²) in [5, 5.41) is 15.4. The third-order valence-electron chi connectivity index (χ3n) is 4.31. The Kier molecular flexibility index (Phi) is 8.19. The molecule has 2 rings (SSSR count). The van der Waals surface area contributed by atoms with Gasteiger partial charge in [-0.15, -0.1) is 0 Å². The summed E-state index contributed by atoms with van der Waals surface area (Å²) in [6.45, 7) is 1.83. The topological polar surface area (TPSA) is 87.7 Å². The molecule has 2 atom stereocenters. The Morgan fingerprint density at radius 1 is 1.14 bits per heavy atom. The van der Waals surface area contributed by atoms with Crippen molar-refractivity contribution in [2.75, 3.05) is 19.1 Å². The predicted molar refractivity (Wildman–Crippen MR) is 112 cm³/mol. The molecule has 7 heteroatoms. The van der Waals surface area contributed by atoms with Crippen LogP contribution in [0, 0.1) is 0 Å². The van der Waals surface area contributed by atoms with Crippen LogP contribution in [0.5, 0.6) is 11.5 Å². The Morgan fingerprint density at radius 2 is 1.89 bits per heavy atom. The van der Waals surface area contributed by atoms with Crippen LogP contribution in [-0.2, 0) is 4.79 Å². The van der Waals surface area contributed by atoms with Crippen LogP contribution in [0.1, 0.15) is 35.3 Å². The molecule has 2 amide bonds. The number of phenolic OH excluding ortho intramolecular Hbond substituents is 1. The summed E-state index contributed by atoms with van der Waals surface area (Å²) in [7, 11) is 1.50. The van der Waals surface area contributed by atoms with E-state index in [4.69, 9.17) is 4.74 Å². The number of amides is 2. The molecule has 2 aromatic rings. The van der Waals surface area contributed by atoms with E-state index in [1.807, 2.05) is 19.2 Å². The Balaban J connectivity index is 2.11. The summed E-state index contributed by atoms with van der Waals surface area (Å²) in [6.07, 6.45) is 2.45. The molecule has 0 spiro atoms. The molecule has 150 valence electrons. The molecule has 0 radical (unpaired) electrons. The number of carbonyl (C=O) groups excluding carboxylic acids is 2. The minimum absolute atomic E-state index is 0.141. The zero-order valence-electron chi connectivity index (χ0n) is 16.3. The van der Waals surface area contributed by atoms with Crippen LogP contribution in [-0.4, -0.2) is 42.1 Å². The Labute approximate surface area is 169 Å². The van der Waals surface area contributed by atoms with Crippen LogP contribution in [0.25, 0.3) is 0 Å². The monoisotopic (exact) mass is 402 g/mol. The number of nitrogens with one attached hydrogen (secondary N) is 2. The van der Waals surface area contributed by atoms with Gasteiger partial charge in [-0.2, -0.15) is 11.8 Å². The molecule has 0 saturated carbocycles. The fourth-order valence-electron chi connectivity index (χ4n) is 2.76. The summed E-state index contributed by atoms with van der Waals surface area (Å²) in [5.41, 5.74) is 1.17. The van der Waals surface area contributed by atoms with Gasteiger partial charge in [0.15, 0.2) is 0 Å². The average Bonchev–Trinajstić information content (AvgIpc) is 2.70. The van der Waals surface area contributed by atoms with E-state index in [2.05, 4.69) is 10.6 Å². The molecule has 0 heterocycles. The lowest BCUT2D eigenvalue weighted by molar-refractivity contribution is -0.123. The Bertz CT molecular complexity index is 812. The van der Waals surface area contributed by atoms with Crippen LogP contribution in [0.15, 0.2) is 48.5 Å². The zero-order valence-corrected chi connectivity index (χ0v) is 17.1.